The van der Waals surface area contributed by atoms with Crippen molar-refractivity contribution in [2.45, 2.75) is 0 Å². The Hall–Kier alpha value is -2.59. The number of fused-ring (bicyclic) bond motifs is 1. The van der Waals surface area contributed by atoms with E-state index < -0.39 is 0 Å². The maximum Gasteiger partial charge on any atom is 0.130 e. The lowest BCUT2D eigenvalue weighted by Crippen LogP contribution is -1.76. The summed E-state index contributed by atoms with van der Waals surface area (Å²) in [5, 5.41) is 17.3. The minimum Gasteiger partial charge on any atom is -0.359 e. The van der Waals surface area contributed by atoms with Gasteiger partial charge in [0.1, 0.15) is 17.7 Å². The van der Waals surface area contributed by atoms with Crippen molar-refractivity contribution in [3.63, 3.8) is 0 Å². The molecule has 0 saturated carbocycles. The van der Waals surface area contributed by atoms with Crippen molar-refractivity contribution in [1.29, 1.82) is 10.5 Å². The molecule has 0 amide bonds. The fraction of sp³-hybridized carbons (Fsp3) is 0. The van der Waals surface area contributed by atoms with Crippen LogP contribution in [0.15, 0.2) is 30.1 Å². The van der Waals surface area contributed by atoms with E-state index in [0.717, 1.165) is 16.6 Å². The topological polar surface area (TPSA) is 76.3 Å². The van der Waals surface area contributed by atoms with Crippen molar-refractivity contribution in [2.75, 3.05) is 0 Å². The van der Waals surface area contributed by atoms with E-state index in [9.17, 15) is 0 Å². The first kappa shape index (κ1) is 8.98. The molecule has 0 unspecified atom stereocenters. The van der Waals surface area contributed by atoms with Crippen molar-refractivity contribution >= 4 is 17.1 Å². The molecule has 0 atom stereocenters. The zero-order chi connectivity index (χ0) is 10.7. The number of nitrogens with zero attached hydrogens (tertiary/aromatic N) is 3. The molecule has 0 aromatic carbocycles. The Labute approximate surface area is 86.1 Å². The van der Waals surface area contributed by atoms with Crippen LogP contribution in [0.25, 0.3) is 17.1 Å². The quantitative estimate of drug-likeness (QED) is 0.705. The van der Waals surface area contributed by atoms with E-state index in [-0.39, 0.29) is 5.57 Å². The van der Waals surface area contributed by atoms with E-state index in [0.29, 0.717) is 0 Å². The summed E-state index contributed by atoms with van der Waals surface area (Å²) < 4.78 is 0. The van der Waals surface area contributed by atoms with Crippen molar-refractivity contribution in [2.24, 2.45) is 0 Å². The zero-order valence-corrected chi connectivity index (χ0v) is 7.73. The second-order valence-electron chi connectivity index (χ2n) is 2.93. The van der Waals surface area contributed by atoms with E-state index in [1.54, 1.807) is 12.4 Å². The first-order valence-corrected chi connectivity index (χ1v) is 4.29. The molecule has 0 saturated heterocycles. The van der Waals surface area contributed by atoms with Crippen molar-refractivity contribution < 1.29 is 0 Å². The van der Waals surface area contributed by atoms with Crippen LogP contribution in [-0.4, -0.2) is 9.97 Å². The SMILES string of the molecule is N#CC(C#N)=Cc1c[nH]c2cccnc12. The van der Waals surface area contributed by atoms with Crippen LogP contribution >= 0.6 is 0 Å². The molecule has 2 rings (SSSR count). The van der Waals surface area contributed by atoms with Crippen LogP contribution in [0.2, 0.25) is 0 Å². The van der Waals surface area contributed by atoms with Crippen LogP contribution in [0.5, 0.6) is 0 Å². The molecule has 2 aromatic rings. The Kier molecular flexibility index (Phi) is 2.19. The van der Waals surface area contributed by atoms with Gasteiger partial charge in [-0.1, -0.05) is 0 Å². The first-order valence-electron chi connectivity index (χ1n) is 4.29. The molecular formula is C11H6N4. The number of nitrogens with one attached hydrogen (secondary N) is 1. The molecule has 0 fully saturated rings. The molecule has 0 aliphatic carbocycles. The molecule has 4 heteroatoms. The third-order valence-electron chi connectivity index (χ3n) is 2.01. The summed E-state index contributed by atoms with van der Waals surface area (Å²) in [6, 6.07) is 7.33. The minimum atomic E-state index is 0.0709. The number of allylic oxidation sites excluding steroid dienone is 1. The van der Waals surface area contributed by atoms with Gasteiger partial charge in [0.15, 0.2) is 0 Å². The summed E-state index contributed by atoms with van der Waals surface area (Å²) in [5.74, 6) is 0. The molecule has 0 spiro atoms. The van der Waals surface area contributed by atoms with Gasteiger partial charge in [-0.15, -0.1) is 0 Å². The minimum absolute atomic E-state index is 0.0709. The molecule has 15 heavy (non-hydrogen) atoms. The Bertz CT molecular complexity index is 591. The molecule has 4 nitrogen and oxygen atoms in total. The molecular weight excluding hydrogens is 188 g/mol. The third-order valence-corrected chi connectivity index (χ3v) is 2.01. The third kappa shape index (κ3) is 1.56. The van der Waals surface area contributed by atoms with Gasteiger partial charge in [0.2, 0.25) is 0 Å². The van der Waals surface area contributed by atoms with Gasteiger partial charge in [0, 0.05) is 18.0 Å². The lowest BCUT2D eigenvalue weighted by molar-refractivity contribution is 1.41. The normalized spacial score (nSPS) is 9.20. The number of nitriles is 2. The summed E-state index contributed by atoms with van der Waals surface area (Å²) in [6.07, 6.45) is 4.92. The molecule has 2 aromatic heterocycles. The predicted octanol–water partition coefficient (Wildman–Crippen LogP) is 1.99. The Balaban J connectivity index is 2.61. The summed E-state index contributed by atoms with van der Waals surface area (Å²) in [6.45, 7) is 0. The van der Waals surface area contributed by atoms with Crippen LogP contribution in [-0.2, 0) is 0 Å². The highest BCUT2D eigenvalue weighted by molar-refractivity contribution is 5.86. The summed E-state index contributed by atoms with van der Waals surface area (Å²) >= 11 is 0. The predicted molar refractivity (Wildman–Crippen MR) is 55.3 cm³/mol. The fourth-order valence-corrected chi connectivity index (χ4v) is 1.33. The monoisotopic (exact) mass is 194 g/mol. The lowest BCUT2D eigenvalue weighted by atomic mass is 10.2. The van der Waals surface area contributed by atoms with Crippen molar-refractivity contribution in [1.82, 2.24) is 9.97 Å². The molecule has 1 N–H and O–H groups in total. The number of aromatic nitrogens is 2. The van der Waals surface area contributed by atoms with Crippen molar-refractivity contribution in [3.05, 3.63) is 35.7 Å². The van der Waals surface area contributed by atoms with Crippen LogP contribution in [0.3, 0.4) is 0 Å². The highest BCUT2D eigenvalue weighted by Gasteiger charge is 2.02. The fourth-order valence-electron chi connectivity index (χ4n) is 1.33. The highest BCUT2D eigenvalue weighted by Crippen LogP contribution is 2.17. The Morgan fingerprint density at radius 3 is 2.93 bits per heavy atom. The number of H-pyrrole nitrogens is 1. The number of hydrogen-bond acceptors (Lipinski definition) is 3. The second-order valence-corrected chi connectivity index (χ2v) is 2.93. The van der Waals surface area contributed by atoms with E-state index in [2.05, 4.69) is 9.97 Å². The average Bonchev–Trinajstić information content (AvgIpc) is 2.69. The van der Waals surface area contributed by atoms with Gasteiger partial charge < -0.3 is 4.98 Å². The Morgan fingerprint density at radius 1 is 1.40 bits per heavy atom. The van der Waals surface area contributed by atoms with Gasteiger partial charge in [0.25, 0.3) is 0 Å². The van der Waals surface area contributed by atoms with Gasteiger partial charge in [-0.2, -0.15) is 10.5 Å². The smallest absolute Gasteiger partial charge is 0.130 e. The Morgan fingerprint density at radius 2 is 2.20 bits per heavy atom. The lowest BCUT2D eigenvalue weighted by Gasteiger charge is -1.89. The molecule has 70 valence electrons. The van der Waals surface area contributed by atoms with Crippen LogP contribution in [0, 0.1) is 22.7 Å². The molecule has 0 radical (unpaired) electrons. The number of rotatable bonds is 1. The van der Waals surface area contributed by atoms with E-state index in [1.807, 2.05) is 24.3 Å². The van der Waals surface area contributed by atoms with Gasteiger partial charge in [-0.3, -0.25) is 4.98 Å². The van der Waals surface area contributed by atoms with E-state index in [4.69, 9.17) is 10.5 Å². The van der Waals surface area contributed by atoms with Gasteiger partial charge in [-0.25, -0.2) is 0 Å². The standard InChI is InChI=1S/C11H6N4/c12-5-8(6-13)4-9-7-15-10-2-1-3-14-11(9)10/h1-4,7,15H. The number of hydrogen-bond donors (Lipinski definition) is 1. The van der Waals surface area contributed by atoms with Crippen LogP contribution in [0.1, 0.15) is 5.56 Å². The van der Waals surface area contributed by atoms with Crippen molar-refractivity contribution in [3.8, 4) is 12.1 Å². The van der Waals surface area contributed by atoms with Crippen LogP contribution < -0.4 is 0 Å². The summed E-state index contributed by atoms with van der Waals surface area (Å²) in [7, 11) is 0. The summed E-state index contributed by atoms with van der Waals surface area (Å²) in [5.41, 5.74) is 2.48. The van der Waals surface area contributed by atoms with Gasteiger partial charge >= 0.3 is 0 Å². The number of pyridine rings is 1. The second kappa shape index (κ2) is 3.65. The first-order chi connectivity index (χ1) is 7.35. The zero-order valence-electron chi connectivity index (χ0n) is 7.73. The molecule has 0 aliphatic rings. The molecule has 2 heterocycles. The van der Waals surface area contributed by atoms with Gasteiger partial charge in [0.05, 0.1) is 11.0 Å². The summed E-state index contributed by atoms with van der Waals surface area (Å²) in [4.78, 5) is 7.18. The van der Waals surface area contributed by atoms with Gasteiger partial charge in [-0.05, 0) is 18.2 Å². The molecule has 0 bridgehead atoms. The number of aromatic amines is 1. The largest absolute Gasteiger partial charge is 0.359 e. The van der Waals surface area contributed by atoms with Crippen LogP contribution in [0.4, 0.5) is 0 Å². The highest BCUT2D eigenvalue weighted by atomic mass is 14.8. The maximum atomic E-state index is 8.63. The van der Waals surface area contributed by atoms with E-state index >= 15 is 0 Å². The molecule has 0 aliphatic heterocycles. The van der Waals surface area contributed by atoms with E-state index in [1.165, 1.54) is 6.08 Å². The maximum absolute atomic E-state index is 8.63. The average molecular weight is 194 g/mol.